The minimum absolute atomic E-state index is 0.0307. The number of ether oxygens (including phenoxy) is 1. The average molecular weight is 250 g/mol. The number of carboxylic acid groups (broad SMARTS) is 1. The van der Waals surface area contributed by atoms with Crippen molar-refractivity contribution in [3.8, 4) is 0 Å². The highest BCUT2D eigenvalue weighted by Gasteiger charge is 2.29. The Morgan fingerprint density at radius 3 is 2.89 bits per heavy atom. The Labute approximate surface area is 104 Å². The van der Waals surface area contributed by atoms with E-state index in [1.165, 1.54) is 18.3 Å². The second-order valence-corrected chi connectivity index (χ2v) is 4.21. The third kappa shape index (κ3) is 2.65. The Hall–Kier alpha value is -1.95. The molecule has 0 aliphatic carbocycles. The van der Waals surface area contributed by atoms with E-state index in [2.05, 4.69) is 10.3 Å². The fraction of sp³-hybridized carbons (Fsp3) is 0.417. The molecule has 0 saturated carbocycles. The summed E-state index contributed by atoms with van der Waals surface area (Å²) in [4.78, 5) is 26.7. The normalized spacial score (nSPS) is 22.7. The van der Waals surface area contributed by atoms with E-state index in [4.69, 9.17) is 9.84 Å². The van der Waals surface area contributed by atoms with E-state index in [0.717, 1.165) is 6.42 Å². The molecule has 1 amide bonds. The van der Waals surface area contributed by atoms with Crippen molar-refractivity contribution in [3.63, 3.8) is 0 Å². The highest BCUT2D eigenvalue weighted by Crippen LogP contribution is 2.21. The molecule has 2 N–H and O–H groups in total. The maximum atomic E-state index is 11.9. The smallest absolute Gasteiger partial charge is 0.339 e. The largest absolute Gasteiger partial charge is 0.478 e. The van der Waals surface area contributed by atoms with Crippen LogP contribution in [0.15, 0.2) is 18.3 Å². The Kier molecular flexibility index (Phi) is 3.57. The minimum atomic E-state index is -1.13. The fourth-order valence-corrected chi connectivity index (χ4v) is 1.87. The van der Waals surface area contributed by atoms with Crippen LogP contribution in [0.5, 0.6) is 0 Å². The van der Waals surface area contributed by atoms with Gasteiger partial charge in [0.2, 0.25) is 0 Å². The summed E-state index contributed by atoms with van der Waals surface area (Å²) in [5.74, 6) is -1.42. The average Bonchev–Trinajstić information content (AvgIpc) is 2.76. The van der Waals surface area contributed by atoms with Crippen molar-refractivity contribution in [2.45, 2.75) is 32.0 Å². The Balaban J connectivity index is 2.09. The maximum Gasteiger partial charge on any atom is 0.339 e. The summed E-state index contributed by atoms with van der Waals surface area (Å²) in [6.07, 6.45) is 2.43. The first kappa shape index (κ1) is 12.5. The lowest BCUT2D eigenvalue weighted by Crippen LogP contribution is -2.28. The summed E-state index contributed by atoms with van der Waals surface area (Å²) < 4.78 is 5.41. The molecule has 2 unspecified atom stereocenters. The molecule has 1 aromatic heterocycles. The van der Waals surface area contributed by atoms with Gasteiger partial charge in [-0.15, -0.1) is 0 Å². The molecule has 1 fully saturated rings. The Morgan fingerprint density at radius 2 is 2.28 bits per heavy atom. The summed E-state index contributed by atoms with van der Waals surface area (Å²) >= 11 is 0. The van der Waals surface area contributed by atoms with Crippen LogP contribution in [0.4, 0.5) is 5.82 Å². The molecule has 0 bridgehead atoms. The van der Waals surface area contributed by atoms with Crippen LogP contribution in [0, 0.1) is 0 Å². The third-order valence-corrected chi connectivity index (χ3v) is 2.80. The van der Waals surface area contributed by atoms with Crippen LogP contribution in [-0.4, -0.2) is 34.2 Å². The van der Waals surface area contributed by atoms with Gasteiger partial charge >= 0.3 is 5.97 Å². The zero-order chi connectivity index (χ0) is 13.1. The molecular formula is C12H14N2O4. The van der Waals surface area contributed by atoms with E-state index in [-0.39, 0.29) is 23.4 Å². The molecule has 2 rings (SSSR count). The summed E-state index contributed by atoms with van der Waals surface area (Å²) in [6, 6.07) is 2.90. The summed E-state index contributed by atoms with van der Waals surface area (Å²) in [5, 5.41) is 11.5. The molecule has 1 aromatic rings. The van der Waals surface area contributed by atoms with Crippen LogP contribution in [-0.2, 0) is 9.53 Å². The number of aromatic carboxylic acids is 1. The molecule has 1 saturated heterocycles. The number of amides is 1. The Bertz CT molecular complexity index is 475. The molecule has 18 heavy (non-hydrogen) atoms. The highest BCUT2D eigenvalue weighted by atomic mass is 16.5. The number of hydrogen-bond donors (Lipinski definition) is 2. The van der Waals surface area contributed by atoms with Crippen LogP contribution >= 0.6 is 0 Å². The van der Waals surface area contributed by atoms with Crippen LogP contribution in [0.1, 0.15) is 30.1 Å². The van der Waals surface area contributed by atoms with Crippen molar-refractivity contribution in [2.24, 2.45) is 0 Å². The van der Waals surface area contributed by atoms with E-state index < -0.39 is 12.1 Å². The molecule has 96 valence electrons. The molecule has 0 aromatic carbocycles. The highest BCUT2D eigenvalue weighted by molar-refractivity contribution is 6.00. The predicted octanol–water partition coefficient (Wildman–Crippen LogP) is 1.29. The molecule has 1 aliphatic heterocycles. The van der Waals surface area contributed by atoms with Crippen molar-refractivity contribution in [1.82, 2.24) is 4.98 Å². The summed E-state index contributed by atoms with van der Waals surface area (Å²) in [7, 11) is 0. The van der Waals surface area contributed by atoms with Gasteiger partial charge in [0, 0.05) is 6.20 Å². The molecule has 0 radical (unpaired) electrons. The number of pyridine rings is 1. The van der Waals surface area contributed by atoms with Gasteiger partial charge in [0.1, 0.15) is 17.5 Å². The maximum absolute atomic E-state index is 11.9. The van der Waals surface area contributed by atoms with E-state index >= 15 is 0 Å². The number of aromatic nitrogens is 1. The lowest BCUT2D eigenvalue weighted by atomic mass is 10.2. The van der Waals surface area contributed by atoms with Gasteiger partial charge in [0.05, 0.1) is 6.10 Å². The number of nitrogens with zero attached hydrogens (tertiary/aromatic N) is 1. The molecule has 2 atom stereocenters. The van der Waals surface area contributed by atoms with Crippen LogP contribution in [0.3, 0.4) is 0 Å². The predicted molar refractivity (Wildman–Crippen MR) is 63.4 cm³/mol. The van der Waals surface area contributed by atoms with E-state index in [1.54, 1.807) is 0 Å². The first-order chi connectivity index (χ1) is 8.58. The quantitative estimate of drug-likeness (QED) is 0.843. The fourth-order valence-electron chi connectivity index (χ4n) is 1.87. The number of rotatable bonds is 3. The van der Waals surface area contributed by atoms with Crippen molar-refractivity contribution in [1.29, 1.82) is 0 Å². The summed E-state index contributed by atoms with van der Waals surface area (Å²) in [5.41, 5.74) is -0.0307. The molecule has 1 aliphatic rings. The number of carboxylic acids is 1. The lowest BCUT2D eigenvalue weighted by molar-refractivity contribution is -0.126. The number of carbonyl (C=O) groups is 2. The van der Waals surface area contributed by atoms with E-state index in [0.29, 0.717) is 6.42 Å². The topological polar surface area (TPSA) is 88.5 Å². The number of nitrogens with one attached hydrogen (secondary N) is 1. The molecular weight excluding hydrogens is 236 g/mol. The first-order valence-electron chi connectivity index (χ1n) is 5.72. The van der Waals surface area contributed by atoms with Gasteiger partial charge in [-0.25, -0.2) is 9.78 Å². The number of carbonyl (C=O) groups excluding carboxylic acids is 1. The second-order valence-electron chi connectivity index (χ2n) is 4.21. The van der Waals surface area contributed by atoms with Gasteiger partial charge in [-0.05, 0) is 31.9 Å². The van der Waals surface area contributed by atoms with Gasteiger partial charge in [0.25, 0.3) is 5.91 Å². The minimum Gasteiger partial charge on any atom is -0.478 e. The monoisotopic (exact) mass is 250 g/mol. The third-order valence-electron chi connectivity index (χ3n) is 2.80. The van der Waals surface area contributed by atoms with Crippen molar-refractivity contribution < 1.29 is 19.4 Å². The zero-order valence-electron chi connectivity index (χ0n) is 9.92. The first-order valence-corrected chi connectivity index (χ1v) is 5.72. The van der Waals surface area contributed by atoms with Crippen molar-refractivity contribution >= 4 is 17.7 Å². The van der Waals surface area contributed by atoms with Crippen molar-refractivity contribution in [2.75, 3.05) is 5.32 Å². The lowest BCUT2D eigenvalue weighted by Gasteiger charge is -2.12. The molecule has 2 heterocycles. The number of anilines is 1. The van der Waals surface area contributed by atoms with Gasteiger partial charge < -0.3 is 15.2 Å². The standard InChI is InChI=1S/C12H14N2O4/c1-7-4-5-9(18-7)11(15)14-10-8(12(16)17)3-2-6-13-10/h2-3,6-7,9H,4-5H2,1H3,(H,16,17)(H,13,14,15). The SMILES string of the molecule is CC1CCC(C(=O)Nc2ncccc2C(=O)O)O1. The van der Waals surface area contributed by atoms with Crippen LogP contribution < -0.4 is 5.32 Å². The Morgan fingerprint density at radius 1 is 1.50 bits per heavy atom. The second kappa shape index (κ2) is 5.14. The van der Waals surface area contributed by atoms with E-state index in [9.17, 15) is 9.59 Å². The van der Waals surface area contributed by atoms with Crippen LogP contribution in [0.25, 0.3) is 0 Å². The summed E-state index contributed by atoms with van der Waals surface area (Å²) in [6.45, 7) is 1.90. The van der Waals surface area contributed by atoms with E-state index in [1.807, 2.05) is 6.92 Å². The molecule has 0 spiro atoms. The molecule has 6 heteroatoms. The van der Waals surface area contributed by atoms with Gasteiger partial charge in [-0.3, -0.25) is 4.79 Å². The van der Waals surface area contributed by atoms with Gasteiger partial charge in [0.15, 0.2) is 0 Å². The van der Waals surface area contributed by atoms with Crippen molar-refractivity contribution in [3.05, 3.63) is 23.9 Å². The van der Waals surface area contributed by atoms with Crippen LogP contribution in [0.2, 0.25) is 0 Å². The number of hydrogen-bond acceptors (Lipinski definition) is 4. The molecule has 6 nitrogen and oxygen atoms in total. The van der Waals surface area contributed by atoms with Gasteiger partial charge in [-0.2, -0.15) is 0 Å². The van der Waals surface area contributed by atoms with Gasteiger partial charge in [-0.1, -0.05) is 0 Å². The zero-order valence-corrected chi connectivity index (χ0v) is 9.92.